The van der Waals surface area contributed by atoms with Gasteiger partial charge in [-0.2, -0.15) is 5.10 Å². The van der Waals surface area contributed by atoms with Crippen molar-refractivity contribution in [1.29, 1.82) is 0 Å². The number of aryl methyl sites for hydroxylation is 1. The van der Waals surface area contributed by atoms with Crippen molar-refractivity contribution in [2.24, 2.45) is 5.10 Å². The molecule has 0 aliphatic heterocycles. The van der Waals surface area contributed by atoms with Crippen LogP contribution >= 0.6 is 11.6 Å². The molecule has 2 amide bonds. The average Bonchev–Trinajstić information content (AvgIpc) is 2.84. The van der Waals surface area contributed by atoms with Crippen molar-refractivity contribution >= 4 is 40.8 Å². The summed E-state index contributed by atoms with van der Waals surface area (Å²) in [6.07, 6.45) is 0. The van der Waals surface area contributed by atoms with E-state index in [1.807, 2.05) is 19.1 Å². The number of hydrogen-bond donors (Lipinski definition) is 2. The van der Waals surface area contributed by atoms with Crippen LogP contribution in [0.15, 0.2) is 71.8 Å². The summed E-state index contributed by atoms with van der Waals surface area (Å²) >= 11 is 5.80. The minimum absolute atomic E-state index is 0.235. The quantitative estimate of drug-likeness (QED) is 0.180. The molecule has 0 aliphatic carbocycles. The summed E-state index contributed by atoms with van der Waals surface area (Å²) in [5.41, 5.74) is 4.87. The summed E-state index contributed by atoms with van der Waals surface area (Å²) in [4.78, 5) is 36.6. The molecule has 0 aromatic heterocycles. The fourth-order valence-electron chi connectivity index (χ4n) is 2.90. The lowest BCUT2D eigenvalue weighted by molar-refractivity contribution is -0.136. The van der Waals surface area contributed by atoms with Crippen molar-refractivity contribution in [3.05, 3.63) is 88.4 Å². The number of hydrogen-bond acceptors (Lipinski definition) is 6. The molecular formula is C25H22ClN3O5. The molecule has 34 heavy (non-hydrogen) atoms. The second kappa shape index (κ2) is 11.1. The minimum atomic E-state index is -0.940. The van der Waals surface area contributed by atoms with Crippen molar-refractivity contribution in [2.75, 3.05) is 12.4 Å². The van der Waals surface area contributed by atoms with Gasteiger partial charge in [0.2, 0.25) is 0 Å². The van der Waals surface area contributed by atoms with E-state index in [1.54, 1.807) is 61.5 Å². The third kappa shape index (κ3) is 6.20. The molecule has 0 aliphatic rings. The van der Waals surface area contributed by atoms with E-state index in [1.165, 1.54) is 7.11 Å². The van der Waals surface area contributed by atoms with E-state index in [0.717, 1.165) is 5.56 Å². The Balaban J connectivity index is 1.67. The Morgan fingerprint density at radius 2 is 1.62 bits per heavy atom. The zero-order valence-corrected chi connectivity index (χ0v) is 19.5. The Hall–Kier alpha value is -4.17. The van der Waals surface area contributed by atoms with Crippen LogP contribution in [0.2, 0.25) is 5.02 Å². The standard InChI is InChI=1S/C25H22ClN3O5/c1-15-6-4-5-7-20(15)25(32)34-21-13-8-17(14-22(21)33-3)16(2)28-29-24(31)23(30)27-19-11-9-18(26)10-12-19/h4-14H,1-3H3,(H,27,30)(H,29,31). The van der Waals surface area contributed by atoms with Crippen molar-refractivity contribution < 1.29 is 23.9 Å². The Morgan fingerprint density at radius 3 is 2.29 bits per heavy atom. The number of nitrogens with one attached hydrogen (secondary N) is 2. The van der Waals surface area contributed by atoms with Crippen LogP contribution in [-0.4, -0.2) is 30.6 Å². The second-order valence-electron chi connectivity index (χ2n) is 7.17. The number of halogens is 1. The van der Waals surface area contributed by atoms with E-state index in [4.69, 9.17) is 21.1 Å². The number of carbonyl (C=O) groups is 3. The fourth-order valence-corrected chi connectivity index (χ4v) is 3.03. The van der Waals surface area contributed by atoms with Gasteiger partial charge in [0, 0.05) is 16.3 Å². The Morgan fingerprint density at radius 1 is 0.912 bits per heavy atom. The second-order valence-corrected chi connectivity index (χ2v) is 7.61. The zero-order valence-electron chi connectivity index (χ0n) is 18.7. The van der Waals surface area contributed by atoms with Gasteiger partial charge in [-0.15, -0.1) is 0 Å². The molecule has 3 aromatic rings. The highest BCUT2D eigenvalue weighted by Gasteiger charge is 2.16. The van der Waals surface area contributed by atoms with Gasteiger partial charge in [-0.05, 0) is 67.9 Å². The topological polar surface area (TPSA) is 106 Å². The summed E-state index contributed by atoms with van der Waals surface area (Å²) in [6, 6.07) is 18.3. The van der Waals surface area contributed by atoms with Gasteiger partial charge in [0.05, 0.1) is 18.4 Å². The first-order chi connectivity index (χ1) is 16.3. The average molecular weight is 480 g/mol. The molecule has 174 valence electrons. The largest absolute Gasteiger partial charge is 0.493 e. The highest BCUT2D eigenvalue weighted by atomic mass is 35.5. The molecule has 8 nitrogen and oxygen atoms in total. The first-order valence-electron chi connectivity index (χ1n) is 10.2. The summed E-state index contributed by atoms with van der Waals surface area (Å²) in [6.45, 7) is 3.46. The third-order valence-electron chi connectivity index (χ3n) is 4.78. The maximum absolute atomic E-state index is 12.5. The first kappa shape index (κ1) is 24.5. The van der Waals surface area contributed by atoms with E-state index >= 15 is 0 Å². The third-order valence-corrected chi connectivity index (χ3v) is 5.03. The van der Waals surface area contributed by atoms with Gasteiger partial charge in [-0.3, -0.25) is 9.59 Å². The molecule has 0 saturated carbocycles. The Kier molecular flexibility index (Phi) is 8.00. The molecule has 3 aromatic carbocycles. The van der Waals surface area contributed by atoms with Crippen LogP contribution in [0.25, 0.3) is 0 Å². The van der Waals surface area contributed by atoms with Crippen LogP contribution in [-0.2, 0) is 9.59 Å². The van der Waals surface area contributed by atoms with Crippen LogP contribution in [0.4, 0.5) is 5.69 Å². The first-order valence-corrected chi connectivity index (χ1v) is 10.5. The maximum Gasteiger partial charge on any atom is 0.343 e. The number of rotatable bonds is 6. The molecule has 0 fully saturated rings. The van der Waals surface area contributed by atoms with E-state index < -0.39 is 17.8 Å². The van der Waals surface area contributed by atoms with Crippen molar-refractivity contribution in [2.45, 2.75) is 13.8 Å². The monoisotopic (exact) mass is 479 g/mol. The van der Waals surface area contributed by atoms with Crippen molar-refractivity contribution in [3.63, 3.8) is 0 Å². The van der Waals surface area contributed by atoms with Gasteiger partial charge in [0.15, 0.2) is 11.5 Å². The summed E-state index contributed by atoms with van der Waals surface area (Å²) < 4.78 is 10.8. The van der Waals surface area contributed by atoms with E-state index in [0.29, 0.717) is 33.3 Å². The van der Waals surface area contributed by atoms with Gasteiger partial charge in [-0.1, -0.05) is 29.8 Å². The number of anilines is 1. The van der Waals surface area contributed by atoms with Crippen LogP contribution in [0.3, 0.4) is 0 Å². The number of methoxy groups -OCH3 is 1. The van der Waals surface area contributed by atoms with E-state index in [-0.39, 0.29) is 5.75 Å². The van der Waals surface area contributed by atoms with Crippen molar-refractivity contribution in [1.82, 2.24) is 5.43 Å². The molecule has 0 saturated heterocycles. The Bertz CT molecular complexity index is 1260. The number of amides is 2. The molecule has 0 radical (unpaired) electrons. The normalized spacial score (nSPS) is 10.9. The molecule has 2 N–H and O–H groups in total. The molecule has 0 heterocycles. The lowest BCUT2D eigenvalue weighted by Crippen LogP contribution is -2.32. The summed E-state index contributed by atoms with van der Waals surface area (Å²) in [5.74, 6) is -1.78. The fraction of sp³-hybridized carbons (Fsp3) is 0.120. The minimum Gasteiger partial charge on any atom is -0.493 e. The van der Waals surface area contributed by atoms with Crippen LogP contribution in [0.5, 0.6) is 11.5 Å². The lowest BCUT2D eigenvalue weighted by atomic mass is 10.1. The maximum atomic E-state index is 12.5. The highest BCUT2D eigenvalue weighted by Crippen LogP contribution is 2.29. The van der Waals surface area contributed by atoms with Gasteiger partial charge >= 0.3 is 17.8 Å². The highest BCUT2D eigenvalue weighted by molar-refractivity contribution is 6.39. The molecule has 0 bridgehead atoms. The van der Waals surface area contributed by atoms with E-state index in [9.17, 15) is 14.4 Å². The van der Waals surface area contributed by atoms with Crippen LogP contribution in [0, 0.1) is 6.92 Å². The molecule has 9 heteroatoms. The summed E-state index contributed by atoms with van der Waals surface area (Å²) in [7, 11) is 1.44. The molecule has 0 unspecified atom stereocenters. The number of nitrogens with zero attached hydrogens (tertiary/aromatic N) is 1. The number of esters is 1. The molecule has 0 atom stereocenters. The van der Waals surface area contributed by atoms with Crippen LogP contribution < -0.4 is 20.2 Å². The predicted molar refractivity (Wildman–Crippen MR) is 130 cm³/mol. The van der Waals surface area contributed by atoms with Gasteiger partial charge in [0.25, 0.3) is 0 Å². The zero-order chi connectivity index (χ0) is 24.7. The molecular weight excluding hydrogens is 458 g/mol. The van der Waals surface area contributed by atoms with Crippen molar-refractivity contribution in [3.8, 4) is 11.5 Å². The SMILES string of the molecule is COc1cc(C(C)=NNC(=O)C(=O)Nc2ccc(Cl)cc2)ccc1OC(=O)c1ccccc1C. The molecule has 3 rings (SSSR count). The smallest absolute Gasteiger partial charge is 0.343 e. The molecule has 0 spiro atoms. The lowest BCUT2D eigenvalue weighted by Gasteiger charge is -2.12. The van der Waals surface area contributed by atoms with Gasteiger partial charge in [0.1, 0.15) is 0 Å². The number of ether oxygens (including phenoxy) is 2. The van der Waals surface area contributed by atoms with E-state index in [2.05, 4.69) is 15.8 Å². The van der Waals surface area contributed by atoms with Gasteiger partial charge in [-0.25, -0.2) is 10.2 Å². The summed E-state index contributed by atoms with van der Waals surface area (Å²) in [5, 5.41) is 6.92. The van der Waals surface area contributed by atoms with Crippen LogP contribution in [0.1, 0.15) is 28.4 Å². The van der Waals surface area contributed by atoms with Gasteiger partial charge < -0.3 is 14.8 Å². The predicted octanol–water partition coefficient (Wildman–Crippen LogP) is 4.36. The number of benzene rings is 3. The number of carbonyl (C=O) groups excluding carboxylic acids is 3. The Labute approximate surface area is 201 Å². The number of hydrazone groups is 1.